The second-order valence-corrected chi connectivity index (χ2v) is 7.61. The number of carbonyl (C=O) groups is 1. The molecule has 0 saturated carbocycles. The Kier molecular flexibility index (Phi) is 4.34. The molecule has 0 bridgehead atoms. The first-order chi connectivity index (χ1) is 8.03. The molecule has 0 aromatic carbocycles. The van der Waals surface area contributed by atoms with Crippen LogP contribution < -0.4 is 0 Å². The summed E-state index contributed by atoms with van der Waals surface area (Å²) in [7, 11) is 0. The van der Waals surface area contributed by atoms with Crippen molar-refractivity contribution in [3.05, 3.63) is 0 Å². The summed E-state index contributed by atoms with van der Waals surface area (Å²) in [6.45, 7) is 15.7. The monoisotopic (exact) mass is 255 g/mol. The molecular formula is C15H29NO2. The van der Waals surface area contributed by atoms with Crippen LogP contribution in [0.2, 0.25) is 0 Å². The number of nitrogens with zero attached hydrogens (tertiary/aromatic N) is 1. The summed E-state index contributed by atoms with van der Waals surface area (Å²) in [6, 6.07) is 0.303. The molecule has 18 heavy (non-hydrogen) atoms. The number of amides is 1. The first kappa shape index (κ1) is 15.3. The standard InChI is InChI=1S/C15H29NO2/c1-11(14(2,3)4)18-13(17)16-10-8-9-12(16)15(5,6)7/h11-12H,8-10H2,1-7H3. The van der Waals surface area contributed by atoms with Crippen LogP contribution in [0.15, 0.2) is 0 Å². The Hall–Kier alpha value is -0.730. The molecule has 0 N–H and O–H groups in total. The second kappa shape index (κ2) is 5.10. The number of carbonyl (C=O) groups excluding carboxylic acids is 1. The maximum Gasteiger partial charge on any atom is 0.410 e. The summed E-state index contributed by atoms with van der Waals surface area (Å²) in [6.07, 6.45) is 1.96. The van der Waals surface area contributed by atoms with Gasteiger partial charge in [0.1, 0.15) is 6.10 Å². The van der Waals surface area contributed by atoms with Crippen molar-refractivity contribution in [3.8, 4) is 0 Å². The Morgan fingerprint density at radius 2 is 1.78 bits per heavy atom. The third-order valence-electron chi connectivity index (χ3n) is 3.98. The van der Waals surface area contributed by atoms with Gasteiger partial charge in [0.15, 0.2) is 0 Å². The molecule has 1 heterocycles. The van der Waals surface area contributed by atoms with E-state index in [1.165, 1.54) is 0 Å². The van der Waals surface area contributed by atoms with Crippen LogP contribution in [0.4, 0.5) is 4.79 Å². The lowest BCUT2D eigenvalue weighted by molar-refractivity contribution is 0.00934. The van der Waals surface area contributed by atoms with E-state index >= 15 is 0 Å². The minimum atomic E-state index is -0.144. The van der Waals surface area contributed by atoms with Gasteiger partial charge in [0.25, 0.3) is 0 Å². The minimum Gasteiger partial charge on any atom is -0.446 e. The highest BCUT2D eigenvalue weighted by molar-refractivity contribution is 5.68. The zero-order valence-corrected chi connectivity index (χ0v) is 13.0. The van der Waals surface area contributed by atoms with Gasteiger partial charge < -0.3 is 9.64 Å². The highest BCUT2D eigenvalue weighted by Crippen LogP contribution is 2.33. The van der Waals surface area contributed by atoms with Crippen LogP contribution >= 0.6 is 0 Å². The van der Waals surface area contributed by atoms with Gasteiger partial charge in [-0.2, -0.15) is 0 Å². The summed E-state index contributed by atoms with van der Waals surface area (Å²) in [5.74, 6) is 0. The molecule has 1 amide bonds. The number of ether oxygens (including phenoxy) is 1. The van der Waals surface area contributed by atoms with E-state index in [4.69, 9.17) is 4.74 Å². The highest BCUT2D eigenvalue weighted by Gasteiger charge is 2.38. The van der Waals surface area contributed by atoms with Crippen LogP contribution in [-0.2, 0) is 4.74 Å². The Labute approximate surface area is 112 Å². The number of hydrogen-bond acceptors (Lipinski definition) is 2. The second-order valence-electron chi connectivity index (χ2n) is 7.61. The molecule has 2 unspecified atom stereocenters. The van der Waals surface area contributed by atoms with E-state index in [9.17, 15) is 4.79 Å². The molecule has 1 rings (SSSR count). The van der Waals surface area contributed by atoms with E-state index < -0.39 is 0 Å². The molecule has 106 valence electrons. The average molecular weight is 255 g/mol. The first-order valence-electron chi connectivity index (χ1n) is 7.00. The van der Waals surface area contributed by atoms with Crippen LogP contribution in [-0.4, -0.2) is 29.7 Å². The van der Waals surface area contributed by atoms with E-state index in [-0.39, 0.29) is 23.0 Å². The van der Waals surface area contributed by atoms with Crippen LogP contribution in [0.5, 0.6) is 0 Å². The van der Waals surface area contributed by atoms with E-state index in [1.807, 2.05) is 11.8 Å². The molecule has 2 atom stereocenters. The lowest BCUT2D eigenvalue weighted by Gasteiger charge is -2.36. The predicted octanol–water partition coefficient (Wildman–Crippen LogP) is 4.07. The highest BCUT2D eigenvalue weighted by atomic mass is 16.6. The molecule has 0 radical (unpaired) electrons. The van der Waals surface area contributed by atoms with Gasteiger partial charge in [-0.1, -0.05) is 41.5 Å². The maximum absolute atomic E-state index is 12.3. The number of hydrogen-bond donors (Lipinski definition) is 0. The van der Waals surface area contributed by atoms with E-state index in [0.29, 0.717) is 6.04 Å². The summed E-state index contributed by atoms with van der Waals surface area (Å²) < 4.78 is 5.61. The number of likely N-dealkylation sites (tertiary alicyclic amines) is 1. The van der Waals surface area contributed by atoms with Crippen molar-refractivity contribution in [2.75, 3.05) is 6.54 Å². The van der Waals surface area contributed by atoms with Gasteiger partial charge in [-0.25, -0.2) is 4.79 Å². The Morgan fingerprint density at radius 1 is 1.22 bits per heavy atom. The summed E-state index contributed by atoms with van der Waals surface area (Å²) >= 11 is 0. The largest absolute Gasteiger partial charge is 0.446 e. The third-order valence-corrected chi connectivity index (χ3v) is 3.98. The van der Waals surface area contributed by atoms with Crippen molar-refractivity contribution in [3.63, 3.8) is 0 Å². The molecule has 1 saturated heterocycles. The smallest absolute Gasteiger partial charge is 0.410 e. The quantitative estimate of drug-likeness (QED) is 0.707. The Bertz CT molecular complexity index is 299. The van der Waals surface area contributed by atoms with Crippen LogP contribution in [0.1, 0.15) is 61.3 Å². The van der Waals surface area contributed by atoms with Crippen molar-refractivity contribution >= 4 is 6.09 Å². The molecule has 0 aromatic rings. The predicted molar refractivity (Wildman–Crippen MR) is 74.6 cm³/mol. The van der Waals surface area contributed by atoms with Gasteiger partial charge >= 0.3 is 6.09 Å². The van der Waals surface area contributed by atoms with Gasteiger partial charge in [0.2, 0.25) is 0 Å². The minimum absolute atomic E-state index is 0.00733. The van der Waals surface area contributed by atoms with Gasteiger partial charge in [-0.15, -0.1) is 0 Å². The molecule has 1 fully saturated rings. The number of rotatable bonds is 1. The van der Waals surface area contributed by atoms with Crippen LogP contribution in [0.3, 0.4) is 0 Å². The van der Waals surface area contributed by atoms with E-state index in [2.05, 4.69) is 41.5 Å². The summed E-state index contributed by atoms with van der Waals surface area (Å²) in [4.78, 5) is 14.2. The van der Waals surface area contributed by atoms with Crippen molar-refractivity contribution in [2.45, 2.75) is 73.5 Å². The molecule has 0 aromatic heterocycles. The zero-order valence-electron chi connectivity index (χ0n) is 13.0. The first-order valence-corrected chi connectivity index (χ1v) is 7.00. The molecule has 3 heteroatoms. The van der Waals surface area contributed by atoms with E-state index in [1.54, 1.807) is 0 Å². The lowest BCUT2D eigenvalue weighted by atomic mass is 9.85. The lowest BCUT2D eigenvalue weighted by Crippen LogP contribution is -2.45. The topological polar surface area (TPSA) is 29.5 Å². The van der Waals surface area contributed by atoms with Crippen LogP contribution in [0, 0.1) is 10.8 Å². The Morgan fingerprint density at radius 3 is 2.22 bits per heavy atom. The SMILES string of the molecule is CC(OC(=O)N1CCCC1C(C)(C)C)C(C)(C)C. The van der Waals surface area contributed by atoms with Crippen LogP contribution in [0.25, 0.3) is 0 Å². The van der Waals surface area contributed by atoms with Gasteiger partial charge in [0, 0.05) is 12.6 Å². The van der Waals surface area contributed by atoms with Gasteiger partial charge in [-0.3, -0.25) is 0 Å². The zero-order chi connectivity index (χ0) is 14.1. The fraction of sp³-hybridized carbons (Fsp3) is 0.933. The molecule has 1 aliphatic heterocycles. The normalized spacial score (nSPS) is 23.1. The molecular weight excluding hydrogens is 226 g/mol. The maximum atomic E-state index is 12.3. The fourth-order valence-corrected chi connectivity index (χ4v) is 2.28. The molecule has 0 spiro atoms. The van der Waals surface area contributed by atoms with E-state index in [0.717, 1.165) is 19.4 Å². The van der Waals surface area contributed by atoms with Crippen molar-refractivity contribution in [1.29, 1.82) is 0 Å². The van der Waals surface area contributed by atoms with Gasteiger partial charge in [0.05, 0.1) is 0 Å². The summed E-state index contributed by atoms with van der Waals surface area (Å²) in [5.41, 5.74) is 0.118. The average Bonchev–Trinajstić information content (AvgIpc) is 2.63. The fourth-order valence-electron chi connectivity index (χ4n) is 2.28. The molecule has 0 aliphatic carbocycles. The summed E-state index contributed by atoms with van der Waals surface area (Å²) in [5, 5.41) is 0. The third kappa shape index (κ3) is 3.63. The van der Waals surface area contributed by atoms with Crippen molar-refractivity contribution < 1.29 is 9.53 Å². The van der Waals surface area contributed by atoms with Crippen molar-refractivity contribution in [1.82, 2.24) is 4.90 Å². The molecule has 3 nitrogen and oxygen atoms in total. The molecule has 1 aliphatic rings. The van der Waals surface area contributed by atoms with Crippen molar-refractivity contribution in [2.24, 2.45) is 10.8 Å². The van der Waals surface area contributed by atoms with Gasteiger partial charge in [-0.05, 0) is 30.6 Å². The Balaban J connectivity index is 2.67.